The zero-order chi connectivity index (χ0) is 20.6. The Kier molecular flexibility index (Phi) is 5.07. The van der Waals surface area contributed by atoms with Crippen molar-refractivity contribution < 1.29 is 21.6 Å². The molecule has 2 aromatic heterocycles. The molecule has 0 bridgehead atoms. The number of benzene rings is 1. The Balaban J connectivity index is 1.43. The van der Waals surface area contributed by atoms with E-state index < -0.39 is 21.9 Å². The lowest BCUT2D eigenvalue weighted by Crippen LogP contribution is -2.26. The molecule has 0 amide bonds. The van der Waals surface area contributed by atoms with E-state index in [1.54, 1.807) is 24.3 Å². The number of alkyl halides is 3. The van der Waals surface area contributed by atoms with Gasteiger partial charge in [-0.05, 0) is 37.5 Å². The molecule has 29 heavy (non-hydrogen) atoms. The van der Waals surface area contributed by atoms with E-state index in [4.69, 9.17) is 0 Å². The van der Waals surface area contributed by atoms with Crippen LogP contribution < -0.4 is 4.72 Å². The van der Waals surface area contributed by atoms with Gasteiger partial charge in [-0.1, -0.05) is 18.2 Å². The van der Waals surface area contributed by atoms with Gasteiger partial charge in [0.15, 0.2) is 5.69 Å². The zero-order valence-corrected chi connectivity index (χ0v) is 16.2. The minimum atomic E-state index is -4.49. The highest BCUT2D eigenvalue weighted by Crippen LogP contribution is 2.42. The van der Waals surface area contributed by atoms with E-state index in [0.717, 1.165) is 18.9 Å². The number of rotatable bonds is 7. The number of nitrogens with zero attached hydrogens (tertiary/aromatic N) is 3. The smallest absolute Gasteiger partial charge is 0.269 e. The molecule has 6 nitrogen and oxygen atoms in total. The van der Waals surface area contributed by atoms with Crippen LogP contribution in [0, 0.1) is 0 Å². The lowest BCUT2D eigenvalue weighted by Gasteiger charge is -2.10. The van der Waals surface area contributed by atoms with E-state index >= 15 is 0 Å². The normalized spacial score (nSPS) is 15.1. The Hall–Kier alpha value is -2.46. The maximum absolute atomic E-state index is 13.0. The maximum atomic E-state index is 13.0. The molecule has 0 aliphatic heterocycles. The highest BCUT2D eigenvalue weighted by molar-refractivity contribution is 7.89. The van der Waals surface area contributed by atoms with Crippen molar-refractivity contribution >= 4 is 20.9 Å². The number of halogens is 3. The van der Waals surface area contributed by atoms with Gasteiger partial charge >= 0.3 is 6.18 Å². The summed E-state index contributed by atoms with van der Waals surface area (Å²) in [5.41, 5.74) is 0.0423. The summed E-state index contributed by atoms with van der Waals surface area (Å²) in [6.45, 7) is 0.287. The zero-order valence-electron chi connectivity index (χ0n) is 15.4. The van der Waals surface area contributed by atoms with E-state index in [1.807, 2.05) is 0 Å². The Morgan fingerprint density at radius 3 is 2.66 bits per heavy atom. The van der Waals surface area contributed by atoms with Gasteiger partial charge in [0.2, 0.25) is 10.0 Å². The number of hydrogen-bond donors (Lipinski definition) is 1. The molecule has 1 saturated carbocycles. The minimum absolute atomic E-state index is 0.0766. The van der Waals surface area contributed by atoms with Crippen LogP contribution in [0.2, 0.25) is 0 Å². The number of aromatic nitrogens is 3. The summed E-state index contributed by atoms with van der Waals surface area (Å²) < 4.78 is 68.0. The summed E-state index contributed by atoms with van der Waals surface area (Å²) in [6.07, 6.45) is -0.946. The molecule has 1 aromatic carbocycles. The number of pyridine rings is 1. The van der Waals surface area contributed by atoms with Gasteiger partial charge in [0.1, 0.15) is 4.90 Å². The van der Waals surface area contributed by atoms with Crippen molar-refractivity contribution in [1.82, 2.24) is 19.5 Å². The lowest BCUT2D eigenvalue weighted by molar-refractivity contribution is -0.141. The van der Waals surface area contributed by atoms with Crippen molar-refractivity contribution in [2.75, 3.05) is 6.54 Å². The van der Waals surface area contributed by atoms with Crippen molar-refractivity contribution in [2.24, 2.45) is 0 Å². The predicted molar refractivity (Wildman–Crippen MR) is 101 cm³/mol. The first kappa shape index (κ1) is 19.8. The molecule has 2 heterocycles. The van der Waals surface area contributed by atoms with Crippen LogP contribution in [0.5, 0.6) is 0 Å². The first-order valence-electron chi connectivity index (χ1n) is 9.24. The Morgan fingerprint density at radius 2 is 1.93 bits per heavy atom. The van der Waals surface area contributed by atoms with Crippen molar-refractivity contribution in [3.63, 3.8) is 0 Å². The second-order valence-corrected chi connectivity index (χ2v) is 8.77. The fraction of sp³-hybridized carbons (Fsp3) is 0.368. The average Bonchev–Trinajstić information content (AvgIpc) is 3.43. The quantitative estimate of drug-likeness (QED) is 0.587. The van der Waals surface area contributed by atoms with Gasteiger partial charge in [-0.25, -0.2) is 13.1 Å². The Bertz CT molecular complexity index is 1130. The molecule has 1 fully saturated rings. The maximum Gasteiger partial charge on any atom is 0.435 e. The van der Waals surface area contributed by atoms with E-state index in [2.05, 4.69) is 14.8 Å². The van der Waals surface area contributed by atoms with Gasteiger partial charge in [0, 0.05) is 36.3 Å². The average molecular weight is 424 g/mol. The molecule has 0 spiro atoms. The largest absolute Gasteiger partial charge is 0.435 e. The molecule has 1 aliphatic rings. The second kappa shape index (κ2) is 7.42. The van der Waals surface area contributed by atoms with Crippen LogP contribution >= 0.6 is 0 Å². The van der Waals surface area contributed by atoms with Crippen molar-refractivity contribution in [2.45, 2.75) is 42.8 Å². The summed E-state index contributed by atoms with van der Waals surface area (Å²) in [4.78, 5) is 4.22. The minimum Gasteiger partial charge on any atom is -0.269 e. The molecule has 0 saturated heterocycles. The first-order valence-corrected chi connectivity index (χ1v) is 10.7. The third-order valence-electron chi connectivity index (χ3n) is 4.82. The first-order chi connectivity index (χ1) is 13.8. The second-order valence-electron chi connectivity index (χ2n) is 7.03. The van der Waals surface area contributed by atoms with Gasteiger partial charge in [-0.15, -0.1) is 0 Å². The highest BCUT2D eigenvalue weighted by Gasteiger charge is 2.37. The SMILES string of the molecule is O=S(=O)(NCCCn1nc(C(F)(F)F)cc1C1CC1)c1cccc2cccnc12. The monoisotopic (exact) mass is 424 g/mol. The van der Waals surface area contributed by atoms with Crippen LogP contribution in [-0.4, -0.2) is 29.7 Å². The number of sulfonamides is 1. The van der Waals surface area contributed by atoms with Crippen molar-refractivity contribution in [1.29, 1.82) is 0 Å². The van der Waals surface area contributed by atoms with Crippen LogP contribution in [0.15, 0.2) is 47.5 Å². The van der Waals surface area contributed by atoms with Gasteiger partial charge < -0.3 is 0 Å². The topological polar surface area (TPSA) is 76.9 Å². The van der Waals surface area contributed by atoms with E-state index in [9.17, 15) is 21.6 Å². The predicted octanol–water partition coefficient (Wildman–Crippen LogP) is 3.70. The number of para-hydroxylation sites is 1. The molecule has 1 aliphatic carbocycles. The van der Waals surface area contributed by atoms with Crippen LogP contribution in [0.25, 0.3) is 10.9 Å². The molecular weight excluding hydrogens is 405 g/mol. The van der Waals surface area contributed by atoms with E-state index in [-0.39, 0.29) is 23.9 Å². The lowest BCUT2D eigenvalue weighted by atomic mass is 10.2. The third-order valence-corrected chi connectivity index (χ3v) is 6.31. The number of aryl methyl sites for hydroxylation is 1. The van der Waals surface area contributed by atoms with E-state index in [0.29, 0.717) is 23.0 Å². The van der Waals surface area contributed by atoms with Gasteiger partial charge in [-0.3, -0.25) is 9.67 Å². The summed E-state index contributed by atoms with van der Waals surface area (Å²) in [5, 5.41) is 4.39. The highest BCUT2D eigenvalue weighted by atomic mass is 32.2. The molecule has 1 N–H and O–H groups in total. The molecule has 154 valence electrons. The fourth-order valence-electron chi connectivity index (χ4n) is 3.26. The van der Waals surface area contributed by atoms with Crippen LogP contribution in [0.4, 0.5) is 13.2 Å². The summed E-state index contributed by atoms with van der Waals surface area (Å²) in [5.74, 6) is 0.108. The number of nitrogens with one attached hydrogen (secondary N) is 1. The molecule has 0 unspecified atom stereocenters. The standard InChI is InChI=1S/C19H19F3N4O2S/c20-19(21,22)17-12-15(13-7-8-13)26(25-17)11-3-10-24-29(27,28)16-6-1-4-14-5-2-9-23-18(14)16/h1-2,4-6,9,12-13,24H,3,7-8,10-11H2. The molecule has 10 heteroatoms. The Morgan fingerprint density at radius 1 is 1.17 bits per heavy atom. The summed E-state index contributed by atoms with van der Waals surface area (Å²) in [7, 11) is -3.80. The van der Waals surface area contributed by atoms with E-state index in [1.165, 1.54) is 16.9 Å². The van der Waals surface area contributed by atoms with Gasteiger partial charge in [0.05, 0.1) is 5.52 Å². The fourth-order valence-corrected chi connectivity index (χ4v) is 4.51. The van der Waals surface area contributed by atoms with Gasteiger partial charge in [-0.2, -0.15) is 18.3 Å². The number of fused-ring (bicyclic) bond motifs is 1. The van der Waals surface area contributed by atoms with Gasteiger partial charge in [0.25, 0.3) is 0 Å². The Labute approximate surface area is 165 Å². The molecule has 0 radical (unpaired) electrons. The van der Waals surface area contributed by atoms with Crippen molar-refractivity contribution in [3.05, 3.63) is 54.0 Å². The summed E-state index contributed by atoms with van der Waals surface area (Å²) in [6, 6.07) is 9.49. The van der Waals surface area contributed by atoms with Crippen LogP contribution in [0.3, 0.4) is 0 Å². The van der Waals surface area contributed by atoms with Crippen LogP contribution in [0.1, 0.15) is 36.6 Å². The summed E-state index contributed by atoms with van der Waals surface area (Å²) >= 11 is 0. The molecule has 0 atom stereocenters. The third kappa shape index (κ3) is 4.27. The van der Waals surface area contributed by atoms with Crippen LogP contribution in [-0.2, 0) is 22.7 Å². The number of hydrogen-bond acceptors (Lipinski definition) is 4. The molecule has 3 aromatic rings. The van der Waals surface area contributed by atoms with Crippen molar-refractivity contribution in [3.8, 4) is 0 Å². The molecular formula is C19H19F3N4O2S. The molecule has 4 rings (SSSR count).